The molecule has 3 aromatic heterocycles. The summed E-state index contributed by atoms with van der Waals surface area (Å²) in [7, 11) is 0. The third-order valence-electron chi connectivity index (χ3n) is 2.23. The molecule has 12 heteroatoms. The average molecular weight is 308 g/mol. The molecule has 3 heterocycles. The Morgan fingerprint density at radius 1 is 1.15 bits per heavy atom. The smallest absolute Gasteiger partial charge is 0.212 e. The first-order valence-corrected chi connectivity index (χ1v) is 7.40. The molecule has 0 bridgehead atoms. The monoisotopic (exact) mass is 308 g/mol. The third kappa shape index (κ3) is 2.55. The minimum absolute atomic E-state index is 0.163. The van der Waals surface area contributed by atoms with Gasteiger partial charge in [0.2, 0.25) is 5.65 Å². The van der Waals surface area contributed by atoms with Crippen LogP contribution in [0, 0.1) is 0 Å². The van der Waals surface area contributed by atoms with E-state index in [-0.39, 0.29) is 5.82 Å². The number of hydrogen-bond donors (Lipinski definition) is 2. The van der Waals surface area contributed by atoms with Gasteiger partial charge in [0.05, 0.1) is 6.54 Å². The van der Waals surface area contributed by atoms with E-state index in [4.69, 9.17) is 5.73 Å². The summed E-state index contributed by atoms with van der Waals surface area (Å²) in [5.74, 6) is 1.00. The lowest BCUT2D eigenvalue weighted by Crippen LogP contribution is -2.10. The lowest BCUT2D eigenvalue weighted by atomic mass is 10.5. The quantitative estimate of drug-likeness (QED) is 0.628. The number of aromatic nitrogens is 8. The van der Waals surface area contributed by atoms with E-state index in [1.807, 2.05) is 6.26 Å². The Morgan fingerprint density at radius 2 is 2.00 bits per heavy atom. The number of nitrogens with one attached hydrogen (secondary N) is 1. The summed E-state index contributed by atoms with van der Waals surface area (Å²) in [6.45, 7) is 0.306. The summed E-state index contributed by atoms with van der Waals surface area (Å²) in [6, 6.07) is 0. The highest BCUT2D eigenvalue weighted by Crippen LogP contribution is 2.24. The molecule has 0 unspecified atom stereocenters. The molecular weight excluding hydrogens is 300 g/mol. The fraction of sp³-hybridized carbons (Fsp3) is 0.250. The van der Waals surface area contributed by atoms with Gasteiger partial charge in [0.15, 0.2) is 26.6 Å². The molecule has 0 aromatic carbocycles. The van der Waals surface area contributed by atoms with Crippen molar-refractivity contribution in [3.63, 3.8) is 0 Å². The number of rotatable bonds is 4. The van der Waals surface area contributed by atoms with E-state index in [1.165, 1.54) is 11.3 Å². The molecule has 20 heavy (non-hydrogen) atoms. The fourth-order valence-corrected chi connectivity index (χ4v) is 2.72. The molecule has 3 N–H and O–H groups in total. The van der Waals surface area contributed by atoms with Crippen molar-refractivity contribution >= 4 is 45.2 Å². The van der Waals surface area contributed by atoms with Crippen LogP contribution < -0.4 is 11.1 Å². The summed E-state index contributed by atoms with van der Waals surface area (Å²) in [5, 5.41) is 25.0. The Bertz CT molecular complexity index is 743. The van der Waals surface area contributed by atoms with Crippen LogP contribution in [-0.4, -0.2) is 47.0 Å². The van der Waals surface area contributed by atoms with Gasteiger partial charge >= 0.3 is 0 Å². The average Bonchev–Trinajstić information content (AvgIpc) is 2.88. The van der Waals surface area contributed by atoms with Crippen LogP contribution in [-0.2, 0) is 6.54 Å². The Kier molecular flexibility index (Phi) is 3.47. The van der Waals surface area contributed by atoms with Crippen LogP contribution in [0.4, 0.5) is 11.6 Å². The van der Waals surface area contributed by atoms with E-state index in [0.717, 1.165) is 9.17 Å². The summed E-state index contributed by atoms with van der Waals surface area (Å²) < 4.78 is 0.903. The standard InChI is InChI=1S/C8H8N10S2/c1-19-8-12-6-7(20-8)11-3(13-15-6)2-10-5-4(9)14-17-18-16-5/h2H2,1H3,(H2,9,14,18)(H,10,16,17). The Hall–Kier alpha value is -2.21. The summed E-state index contributed by atoms with van der Waals surface area (Å²) in [6.07, 6.45) is 1.95. The maximum Gasteiger partial charge on any atom is 0.212 e. The molecule has 0 aliphatic heterocycles. The maximum absolute atomic E-state index is 5.59. The van der Waals surface area contributed by atoms with Gasteiger partial charge < -0.3 is 11.1 Å². The highest BCUT2D eigenvalue weighted by molar-refractivity contribution is 8.00. The van der Waals surface area contributed by atoms with Crippen LogP contribution in [0.5, 0.6) is 0 Å². The van der Waals surface area contributed by atoms with Gasteiger partial charge in [0.1, 0.15) is 0 Å². The SMILES string of the molecule is CSc1nc2nnc(CNc3nnnnc3N)nc2s1. The van der Waals surface area contributed by atoms with Gasteiger partial charge in [0.25, 0.3) is 0 Å². The predicted molar refractivity (Wildman–Crippen MR) is 74.1 cm³/mol. The van der Waals surface area contributed by atoms with Crippen LogP contribution in [0.25, 0.3) is 10.5 Å². The highest BCUT2D eigenvalue weighted by Gasteiger charge is 2.09. The van der Waals surface area contributed by atoms with Crippen LogP contribution in [0.1, 0.15) is 5.82 Å². The molecule has 0 amide bonds. The van der Waals surface area contributed by atoms with Crippen LogP contribution in [0.2, 0.25) is 0 Å². The number of hydrogen-bond acceptors (Lipinski definition) is 12. The topological polar surface area (TPSA) is 141 Å². The van der Waals surface area contributed by atoms with Gasteiger partial charge in [-0.05, 0) is 16.7 Å². The maximum atomic E-state index is 5.59. The van der Waals surface area contributed by atoms with Crippen molar-refractivity contribution in [3.8, 4) is 0 Å². The number of nitrogens with two attached hydrogens (primary N) is 1. The zero-order valence-corrected chi connectivity index (χ0v) is 11.8. The number of thioether (sulfide) groups is 1. The lowest BCUT2D eigenvalue weighted by molar-refractivity contribution is 0.765. The largest absolute Gasteiger partial charge is 0.379 e. The van der Waals surface area contributed by atoms with Crippen LogP contribution >= 0.6 is 23.1 Å². The van der Waals surface area contributed by atoms with E-state index in [2.05, 4.69) is 46.1 Å². The van der Waals surface area contributed by atoms with Gasteiger partial charge in [-0.1, -0.05) is 23.1 Å². The van der Waals surface area contributed by atoms with Crippen molar-refractivity contribution in [1.29, 1.82) is 0 Å². The van der Waals surface area contributed by atoms with Crippen LogP contribution in [0.3, 0.4) is 0 Å². The minimum atomic E-state index is 0.163. The first kappa shape index (κ1) is 12.8. The molecule has 3 aromatic rings. The zero-order valence-electron chi connectivity index (χ0n) is 10.2. The van der Waals surface area contributed by atoms with Crippen molar-refractivity contribution < 1.29 is 0 Å². The molecule has 0 saturated heterocycles. The number of fused-ring (bicyclic) bond motifs is 1. The third-order valence-corrected chi connectivity index (χ3v) is 4.16. The number of anilines is 2. The second-order valence-corrected chi connectivity index (χ2v) is 5.54. The van der Waals surface area contributed by atoms with E-state index in [1.54, 1.807) is 11.8 Å². The predicted octanol–water partition coefficient (Wildman–Crippen LogP) is -0.0225. The zero-order chi connectivity index (χ0) is 13.9. The van der Waals surface area contributed by atoms with E-state index < -0.39 is 0 Å². The van der Waals surface area contributed by atoms with Crippen molar-refractivity contribution in [1.82, 2.24) is 40.8 Å². The van der Waals surface area contributed by atoms with E-state index >= 15 is 0 Å². The molecule has 0 atom stereocenters. The fourth-order valence-electron chi connectivity index (χ4n) is 1.35. The number of nitrogens with zero attached hydrogens (tertiary/aromatic N) is 8. The summed E-state index contributed by atoms with van der Waals surface area (Å²) >= 11 is 3.02. The van der Waals surface area contributed by atoms with Gasteiger partial charge in [-0.3, -0.25) is 0 Å². The van der Waals surface area contributed by atoms with E-state index in [0.29, 0.717) is 23.8 Å². The van der Waals surface area contributed by atoms with Gasteiger partial charge in [0, 0.05) is 0 Å². The van der Waals surface area contributed by atoms with Crippen molar-refractivity contribution in [2.45, 2.75) is 10.9 Å². The first-order valence-electron chi connectivity index (χ1n) is 5.36. The van der Waals surface area contributed by atoms with Crippen molar-refractivity contribution in [2.75, 3.05) is 17.3 Å². The normalized spacial score (nSPS) is 10.8. The molecule has 0 saturated carbocycles. The molecule has 3 rings (SSSR count). The summed E-state index contributed by atoms with van der Waals surface area (Å²) in [4.78, 5) is 9.38. The molecular formula is C8H8N10S2. The van der Waals surface area contributed by atoms with Crippen LogP contribution in [0.15, 0.2) is 4.34 Å². The van der Waals surface area contributed by atoms with Gasteiger partial charge in [-0.2, -0.15) is 0 Å². The molecule has 0 aliphatic rings. The Balaban J connectivity index is 1.79. The van der Waals surface area contributed by atoms with Crippen molar-refractivity contribution in [3.05, 3.63) is 5.82 Å². The molecule has 10 nitrogen and oxygen atoms in total. The Labute approximate surface area is 120 Å². The lowest BCUT2D eigenvalue weighted by Gasteiger charge is -2.03. The second kappa shape index (κ2) is 5.42. The van der Waals surface area contributed by atoms with Crippen molar-refractivity contribution in [2.24, 2.45) is 0 Å². The summed E-state index contributed by atoms with van der Waals surface area (Å²) in [5.41, 5.74) is 6.14. The highest BCUT2D eigenvalue weighted by atomic mass is 32.2. The number of thiazole rings is 1. The van der Waals surface area contributed by atoms with Gasteiger partial charge in [-0.25, -0.2) is 9.97 Å². The first-order chi connectivity index (χ1) is 9.76. The second-order valence-electron chi connectivity index (χ2n) is 3.51. The van der Waals surface area contributed by atoms with Gasteiger partial charge in [-0.15, -0.1) is 20.4 Å². The molecule has 0 fully saturated rings. The number of nitrogen functional groups attached to an aromatic ring is 1. The molecule has 0 aliphatic carbocycles. The van der Waals surface area contributed by atoms with E-state index in [9.17, 15) is 0 Å². The molecule has 0 radical (unpaired) electrons. The Morgan fingerprint density at radius 3 is 2.80 bits per heavy atom. The molecule has 102 valence electrons. The molecule has 0 spiro atoms. The minimum Gasteiger partial charge on any atom is -0.379 e.